The minimum atomic E-state index is -0.198. The van der Waals surface area contributed by atoms with Gasteiger partial charge in [0.05, 0.1) is 17.6 Å². The lowest BCUT2D eigenvalue weighted by molar-refractivity contribution is 0.0960. The highest BCUT2D eigenvalue weighted by atomic mass is 32.1. The Morgan fingerprint density at radius 3 is 2.50 bits per heavy atom. The van der Waals surface area contributed by atoms with Crippen LogP contribution >= 0.6 is 11.3 Å². The third-order valence-corrected chi connectivity index (χ3v) is 7.10. The highest BCUT2D eigenvalue weighted by Crippen LogP contribution is 2.29. The maximum Gasteiger partial charge on any atom is 0.163 e. The SMILES string of the molecule is CCC(CC)n1c(Cc2cccs2)nc2cc(C(=O)CC(CO)c3ccccc3)ccc21. The molecule has 166 valence electrons. The van der Waals surface area contributed by atoms with Gasteiger partial charge in [0, 0.05) is 35.2 Å². The van der Waals surface area contributed by atoms with E-state index in [0.29, 0.717) is 11.6 Å². The molecule has 4 aromatic rings. The topological polar surface area (TPSA) is 55.1 Å². The molecule has 2 heterocycles. The van der Waals surface area contributed by atoms with E-state index < -0.39 is 0 Å². The lowest BCUT2D eigenvalue weighted by Gasteiger charge is -2.19. The van der Waals surface area contributed by atoms with Gasteiger partial charge in [-0.1, -0.05) is 50.2 Å². The van der Waals surface area contributed by atoms with Crippen molar-refractivity contribution in [2.75, 3.05) is 6.61 Å². The highest BCUT2D eigenvalue weighted by molar-refractivity contribution is 7.09. The van der Waals surface area contributed by atoms with Gasteiger partial charge in [-0.3, -0.25) is 4.79 Å². The van der Waals surface area contributed by atoms with Crippen molar-refractivity contribution < 1.29 is 9.90 Å². The van der Waals surface area contributed by atoms with Crippen LogP contribution in [0.5, 0.6) is 0 Å². The van der Waals surface area contributed by atoms with Crippen molar-refractivity contribution in [1.82, 2.24) is 9.55 Å². The van der Waals surface area contributed by atoms with Crippen LogP contribution in [0.2, 0.25) is 0 Å². The van der Waals surface area contributed by atoms with Gasteiger partial charge < -0.3 is 9.67 Å². The maximum atomic E-state index is 13.1. The number of hydrogen-bond acceptors (Lipinski definition) is 4. The average Bonchev–Trinajstić information content (AvgIpc) is 3.46. The summed E-state index contributed by atoms with van der Waals surface area (Å²) >= 11 is 1.75. The number of fused-ring (bicyclic) bond motifs is 1. The van der Waals surface area contributed by atoms with Crippen molar-refractivity contribution in [2.24, 2.45) is 0 Å². The largest absolute Gasteiger partial charge is 0.396 e. The first-order chi connectivity index (χ1) is 15.6. The monoisotopic (exact) mass is 446 g/mol. The van der Waals surface area contributed by atoms with E-state index in [9.17, 15) is 9.90 Å². The maximum absolute atomic E-state index is 13.1. The minimum Gasteiger partial charge on any atom is -0.396 e. The number of aromatic nitrogens is 2. The van der Waals surface area contributed by atoms with Gasteiger partial charge in [-0.2, -0.15) is 0 Å². The number of carbonyl (C=O) groups excluding carboxylic acids is 1. The van der Waals surface area contributed by atoms with Crippen molar-refractivity contribution >= 4 is 28.2 Å². The summed E-state index contributed by atoms with van der Waals surface area (Å²) in [4.78, 5) is 19.3. The van der Waals surface area contributed by atoms with Crippen LogP contribution in [0.4, 0.5) is 0 Å². The molecular weight excluding hydrogens is 416 g/mol. The van der Waals surface area contributed by atoms with E-state index in [1.165, 1.54) is 4.88 Å². The fraction of sp³-hybridized carbons (Fsp3) is 0.333. The van der Waals surface area contributed by atoms with Gasteiger partial charge in [0.2, 0.25) is 0 Å². The first-order valence-electron chi connectivity index (χ1n) is 11.4. The zero-order valence-electron chi connectivity index (χ0n) is 18.7. The number of rotatable bonds is 10. The molecule has 0 saturated carbocycles. The second-order valence-electron chi connectivity index (χ2n) is 8.25. The molecule has 0 fully saturated rings. The van der Waals surface area contributed by atoms with Gasteiger partial charge in [-0.15, -0.1) is 11.3 Å². The number of imidazole rings is 1. The van der Waals surface area contributed by atoms with E-state index in [1.54, 1.807) is 11.3 Å². The van der Waals surface area contributed by atoms with Crippen molar-refractivity contribution in [3.63, 3.8) is 0 Å². The molecule has 0 aliphatic heterocycles. The van der Waals surface area contributed by atoms with Crippen molar-refractivity contribution in [1.29, 1.82) is 0 Å². The number of ketones is 1. The molecule has 4 nitrogen and oxygen atoms in total. The summed E-state index contributed by atoms with van der Waals surface area (Å²) in [7, 11) is 0. The summed E-state index contributed by atoms with van der Waals surface area (Å²) < 4.78 is 2.36. The standard InChI is InChI=1S/C27H30N2O2S/c1-3-22(4-2)29-25-13-12-20(15-24(25)28-27(29)17-23-11-8-14-32-23)26(31)16-21(18-30)19-9-6-5-7-10-19/h5-15,21-22,30H,3-4,16-18H2,1-2H3. The fourth-order valence-electron chi connectivity index (χ4n) is 4.43. The van der Waals surface area contributed by atoms with E-state index in [0.717, 1.165) is 41.7 Å². The van der Waals surface area contributed by atoms with Gasteiger partial charge in [-0.05, 0) is 48.1 Å². The molecule has 0 radical (unpaired) electrons. The molecular formula is C27H30N2O2S. The average molecular weight is 447 g/mol. The molecule has 0 spiro atoms. The number of nitrogens with zero attached hydrogens (tertiary/aromatic N) is 2. The van der Waals surface area contributed by atoms with E-state index >= 15 is 0 Å². The summed E-state index contributed by atoms with van der Waals surface area (Å²) in [5, 5.41) is 12.0. The van der Waals surface area contributed by atoms with Crippen LogP contribution in [0.15, 0.2) is 66.0 Å². The first kappa shape index (κ1) is 22.4. The predicted octanol–water partition coefficient (Wildman–Crippen LogP) is 6.40. The molecule has 2 aromatic heterocycles. The zero-order chi connectivity index (χ0) is 22.5. The van der Waals surface area contributed by atoms with Crippen molar-refractivity contribution in [3.8, 4) is 0 Å². The van der Waals surface area contributed by atoms with Gasteiger partial charge in [0.25, 0.3) is 0 Å². The third kappa shape index (κ3) is 4.69. The quantitative estimate of drug-likeness (QED) is 0.287. The lowest BCUT2D eigenvalue weighted by atomic mass is 9.92. The Kier molecular flexibility index (Phi) is 7.18. The van der Waals surface area contributed by atoms with Crippen LogP contribution in [0, 0.1) is 0 Å². The third-order valence-electron chi connectivity index (χ3n) is 6.23. The molecule has 1 unspecified atom stereocenters. The number of benzene rings is 2. The molecule has 0 aliphatic carbocycles. The Hall–Kier alpha value is -2.76. The van der Waals surface area contributed by atoms with E-state index in [2.05, 4.69) is 35.9 Å². The highest BCUT2D eigenvalue weighted by Gasteiger charge is 2.20. The number of Topliss-reactive ketones (excluding diaryl/α,β-unsaturated/α-hetero) is 1. The number of carbonyl (C=O) groups is 1. The molecule has 0 aliphatic rings. The van der Waals surface area contributed by atoms with Crippen molar-refractivity contribution in [2.45, 2.75) is 51.5 Å². The molecule has 0 amide bonds. The number of aliphatic hydroxyl groups is 1. The Balaban J connectivity index is 1.66. The minimum absolute atomic E-state index is 0.0340. The fourth-order valence-corrected chi connectivity index (χ4v) is 5.13. The molecule has 0 bridgehead atoms. The summed E-state index contributed by atoms with van der Waals surface area (Å²) in [6, 6.07) is 20.2. The predicted molar refractivity (Wildman–Crippen MR) is 132 cm³/mol. The summed E-state index contributed by atoms with van der Waals surface area (Å²) in [6.07, 6.45) is 3.15. The number of hydrogen-bond donors (Lipinski definition) is 1. The van der Waals surface area contributed by atoms with Crippen LogP contribution < -0.4 is 0 Å². The number of thiophene rings is 1. The lowest BCUT2D eigenvalue weighted by Crippen LogP contribution is -2.12. The molecule has 2 aromatic carbocycles. The molecule has 0 saturated heterocycles. The smallest absolute Gasteiger partial charge is 0.163 e. The number of aliphatic hydroxyl groups excluding tert-OH is 1. The van der Waals surface area contributed by atoms with Crippen LogP contribution in [-0.4, -0.2) is 27.0 Å². The first-order valence-corrected chi connectivity index (χ1v) is 12.2. The van der Waals surface area contributed by atoms with Crippen molar-refractivity contribution in [3.05, 3.63) is 87.9 Å². The molecule has 32 heavy (non-hydrogen) atoms. The molecule has 1 atom stereocenters. The summed E-state index contributed by atoms with van der Waals surface area (Å²) in [5.74, 6) is 0.890. The Labute approximate surface area is 193 Å². The Morgan fingerprint density at radius 2 is 1.84 bits per heavy atom. The van der Waals surface area contributed by atoms with Crippen LogP contribution in [0.3, 0.4) is 0 Å². The van der Waals surface area contributed by atoms with Crippen LogP contribution in [0.25, 0.3) is 11.0 Å². The zero-order valence-corrected chi connectivity index (χ0v) is 19.5. The van der Waals surface area contributed by atoms with E-state index in [1.807, 2.05) is 48.5 Å². The van der Waals surface area contributed by atoms with Crippen LogP contribution in [0.1, 0.15) is 71.7 Å². The van der Waals surface area contributed by atoms with Gasteiger partial charge in [-0.25, -0.2) is 4.98 Å². The summed E-state index contributed by atoms with van der Waals surface area (Å²) in [6.45, 7) is 4.38. The molecule has 4 rings (SSSR count). The van der Waals surface area contributed by atoms with E-state index in [-0.39, 0.29) is 24.7 Å². The molecule has 5 heteroatoms. The van der Waals surface area contributed by atoms with E-state index in [4.69, 9.17) is 4.98 Å². The Morgan fingerprint density at radius 1 is 1.06 bits per heavy atom. The van der Waals surface area contributed by atoms with Gasteiger partial charge >= 0.3 is 0 Å². The normalized spacial score (nSPS) is 12.5. The van der Waals surface area contributed by atoms with Gasteiger partial charge in [0.15, 0.2) is 5.78 Å². The van der Waals surface area contributed by atoms with Gasteiger partial charge in [0.1, 0.15) is 5.82 Å². The second-order valence-corrected chi connectivity index (χ2v) is 9.28. The summed E-state index contributed by atoms with van der Waals surface area (Å²) in [5.41, 5.74) is 3.60. The Bertz CT molecular complexity index is 1160. The van der Waals surface area contributed by atoms with Crippen LogP contribution in [-0.2, 0) is 6.42 Å². The molecule has 1 N–H and O–H groups in total. The second kappa shape index (κ2) is 10.2.